The van der Waals surface area contributed by atoms with E-state index in [1.165, 1.54) is 34.6 Å². The molecule has 1 saturated heterocycles. The van der Waals surface area contributed by atoms with Crippen LogP contribution in [-0.4, -0.2) is 50.9 Å². The quantitative estimate of drug-likeness (QED) is 0.458. The Morgan fingerprint density at radius 2 is 1.75 bits per heavy atom. The van der Waals surface area contributed by atoms with Gasteiger partial charge in [0.2, 0.25) is 10.0 Å². The fraction of sp³-hybridized carbons (Fsp3) is 0.304. The van der Waals surface area contributed by atoms with E-state index in [4.69, 9.17) is 9.47 Å². The molecule has 3 rings (SSSR count). The molecular formula is C23H26N2O6S. The normalized spacial score (nSPS) is 14.4. The average molecular weight is 459 g/mol. The third-order valence-electron chi connectivity index (χ3n) is 4.80. The number of esters is 1. The molecule has 1 aliphatic rings. The van der Waals surface area contributed by atoms with Crippen LogP contribution < -0.4 is 10.1 Å². The van der Waals surface area contributed by atoms with Gasteiger partial charge in [-0.2, -0.15) is 4.31 Å². The zero-order valence-electron chi connectivity index (χ0n) is 17.8. The number of benzene rings is 2. The van der Waals surface area contributed by atoms with Crippen molar-refractivity contribution in [2.24, 2.45) is 0 Å². The minimum absolute atomic E-state index is 0.182. The van der Waals surface area contributed by atoms with E-state index in [0.717, 1.165) is 18.4 Å². The number of para-hydroxylation sites is 1. The van der Waals surface area contributed by atoms with Crippen molar-refractivity contribution in [2.45, 2.75) is 24.7 Å². The number of amides is 1. The summed E-state index contributed by atoms with van der Waals surface area (Å²) < 4.78 is 37.0. The molecule has 0 bridgehead atoms. The summed E-state index contributed by atoms with van der Waals surface area (Å²) >= 11 is 0. The highest BCUT2D eigenvalue weighted by Gasteiger charge is 2.26. The van der Waals surface area contributed by atoms with Gasteiger partial charge in [0.25, 0.3) is 5.91 Å². The van der Waals surface area contributed by atoms with Gasteiger partial charge in [-0.1, -0.05) is 18.2 Å². The lowest BCUT2D eigenvalue weighted by atomic mass is 10.2. The number of anilines is 1. The van der Waals surface area contributed by atoms with Crippen LogP contribution in [0.2, 0.25) is 0 Å². The smallest absolute Gasteiger partial charge is 0.331 e. The largest absolute Gasteiger partial charge is 0.493 e. The van der Waals surface area contributed by atoms with Crippen molar-refractivity contribution < 1.29 is 27.5 Å². The molecule has 0 saturated carbocycles. The van der Waals surface area contributed by atoms with Crippen molar-refractivity contribution in [3.8, 4) is 5.75 Å². The summed E-state index contributed by atoms with van der Waals surface area (Å²) in [4.78, 5) is 24.2. The third-order valence-corrected chi connectivity index (χ3v) is 6.72. The number of carbonyl (C=O) groups is 2. The Bertz CT molecular complexity index is 1070. The van der Waals surface area contributed by atoms with E-state index >= 15 is 0 Å². The van der Waals surface area contributed by atoms with E-state index in [-0.39, 0.29) is 4.90 Å². The van der Waals surface area contributed by atoms with Gasteiger partial charge in [0.05, 0.1) is 11.5 Å². The number of ether oxygens (including phenoxy) is 2. The first-order chi connectivity index (χ1) is 15.4. The lowest BCUT2D eigenvalue weighted by Gasteiger charge is -2.15. The monoisotopic (exact) mass is 458 g/mol. The van der Waals surface area contributed by atoms with Gasteiger partial charge in [0.15, 0.2) is 6.61 Å². The van der Waals surface area contributed by atoms with Gasteiger partial charge < -0.3 is 14.8 Å². The van der Waals surface area contributed by atoms with Gasteiger partial charge in [0.1, 0.15) is 5.75 Å². The number of nitrogens with zero attached hydrogens (tertiary/aromatic N) is 1. The van der Waals surface area contributed by atoms with Crippen LogP contribution in [0.1, 0.15) is 25.3 Å². The molecule has 1 fully saturated rings. The van der Waals surface area contributed by atoms with Crippen molar-refractivity contribution in [3.05, 3.63) is 60.2 Å². The molecule has 0 aromatic heterocycles. The van der Waals surface area contributed by atoms with Crippen LogP contribution in [-0.2, 0) is 24.3 Å². The number of hydrogen-bond donors (Lipinski definition) is 1. The van der Waals surface area contributed by atoms with Crippen molar-refractivity contribution in [1.82, 2.24) is 4.31 Å². The van der Waals surface area contributed by atoms with Crippen molar-refractivity contribution in [3.63, 3.8) is 0 Å². The first kappa shape index (κ1) is 23.5. The molecule has 1 N–H and O–H groups in total. The number of nitrogens with one attached hydrogen (secondary N) is 1. The van der Waals surface area contributed by atoms with E-state index < -0.39 is 28.5 Å². The Balaban J connectivity index is 1.50. The van der Waals surface area contributed by atoms with E-state index in [2.05, 4.69) is 5.32 Å². The number of rotatable bonds is 9. The van der Waals surface area contributed by atoms with E-state index in [0.29, 0.717) is 31.1 Å². The van der Waals surface area contributed by atoms with Crippen molar-refractivity contribution in [2.75, 3.05) is 31.6 Å². The highest BCUT2D eigenvalue weighted by Crippen LogP contribution is 2.22. The second-order valence-corrected chi connectivity index (χ2v) is 9.03. The Kier molecular flexibility index (Phi) is 8.02. The Labute approximate surface area is 187 Å². The summed E-state index contributed by atoms with van der Waals surface area (Å²) in [6, 6.07) is 13.2. The molecule has 1 heterocycles. The molecule has 2 aromatic rings. The molecule has 0 unspecified atom stereocenters. The standard InChI is InChI=1S/C23H26N2O6S/c1-2-30-21-8-4-3-7-18(21)9-14-23(27)31-17-22(26)24-19-10-12-20(13-11-19)32(28,29)25-15-5-6-16-25/h3-4,7-14H,2,5-6,15-17H2,1H3,(H,24,26)/b14-9+. The topological polar surface area (TPSA) is 102 Å². The summed E-state index contributed by atoms with van der Waals surface area (Å²) in [5, 5.41) is 2.58. The average Bonchev–Trinajstić information content (AvgIpc) is 3.34. The number of sulfonamides is 1. The fourth-order valence-electron chi connectivity index (χ4n) is 3.23. The maximum absolute atomic E-state index is 12.5. The molecular weight excluding hydrogens is 432 g/mol. The zero-order chi connectivity index (χ0) is 23.0. The third kappa shape index (κ3) is 6.18. The molecule has 0 spiro atoms. The minimum atomic E-state index is -3.51. The summed E-state index contributed by atoms with van der Waals surface area (Å²) in [7, 11) is -3.51. The van der Waals surface area contributed by atoms with Crippen LogP contribution in [0.15, 0.2) is 59.5 Å². The fourth-order valence-corrected chi connectivity index (χ4v) is 4.75. The molecule has 9 heteroatoms. The molecule has 1 amide bonds. The zero-order valence-corrected chi connectivity index (χ0v) is 18.6. The van der Waals surface area contributed by atoms with Crippen LogP contribution in [0.25, 0.3) is 6.08 Å². The second kappa shape index (κ2) is 10.9. The molecule has 1 aliphatic heterocycles. The molecule has 0 radical (unpaired) electrons. The summed E-state index contributed by atoms with van der Waals surface area (Å²) in [5.74, 6) is -0.554. The summed E-state index contributed by atoms with van der Waals surface area (Å²) in [6.45, 7) is 2.95. The molecule has 0 aliphatic carbocycles. The van der Waals surface area contributed by atoms with Gasteiger partial charge >= 0.3 is 5.97 Å². The van der Waals surface area contributed by atoms with Crippen LogP contribution in [0.4, 0.5) is 5.69 Å². The van der Waals surface area contributed by atoms with Gasteiger partial charge in [-0.25, -0.2) is 13.2 Å². The van der Waals surface area contributed by atoms with Crippen LogP contribution in [0.5, 0.6) is 5.75 Å². The SMILES string of the molecule is CCOc1ccccc1/C=C/C(=O)OCC(=O)Nc1ccc(S(=O)(=O)N2CCCC2)cc1. The molecule has 0 atom stereocenters. The summed E-state index contributed by atoms with van der Waals surface area (Å²) in [6.07, 6.45) is 4.51. The van der Waals surface area contributed by atoms with Gasteiger partial charge in [0, 0.05) is 30.4 Å². The first-order valence-electron chi connectivity index (χ1n) is 10.4. The maximum atomic E-state index is 12.5. The van der Waals surface area contributed by atoms with E-state index in [1.54, 1.807) is 18.2 Å². The molecule has 8 nitrogen and oxygen atoms in total. The number of hydrogen-bond acceptors (Lipinski definition) is 6. The molecule has 2 aromatic carbocycles. The van der Waals surface area contributed by atoms with Crippen molar-refractivity contribution >= 4 is 33.7 Å². The predicted molar refractivity (Wildman–Crippen MR) is 121 cm³/mol. The van der Waals surface area contributed by atoms with Crippen molar-refractivity contribution in [1.29, 1.82) is 0 Å². The lowest BCUT2D eigenvalue weighted by molar-refractivity contribution is -0.142. The van der Waals surface area contributed by atoms with Gasteiger partial charge in [-0.15, -0.1) is 0 Å². The molecule has 32 heavy (non-hydrogen) atoms. The first-order valence-corrected chi connectivity index (χ1v) is 11.8. The Hall–Kier alpha value is -3.17. The van der Waals surface area contributed by atoms with Crippen LogP contribution in [0.3, 0.4) is 0 Å². The highest BCUT2D eigenvalue weighted by atomic mass is 32.2. The van der Waals surface area contributed by atoms with Crippen LogP contribution >= 0.6 is 0 Å². The van der Waals surface area contributed by atoms with Gasteiger partial charge in [-0.05, 0) is 56.2 Å². The molecule has 170 valence electrons. The lowest BCUT2D eigenvalue weighted by Crippen LogP contribution is -2.27. The summed E-state index contributed by atoms with van der Waals surface area (Å²) in [5.41, 5.74) is 1.13. The second-order valence-electron chi connectivity index (χ2n) is 7.10. The highest BCUT2D eigenvalue weighted by molar-refractivity contribution is 7.89. The van der Waals surface area contributed by atoms with Crippen LogP contribution in [0, 0.1) is 0 Å². The van der Waals surface area contributed by atoms with Gasteiger partial charge in [-0.3, -0.25) is 4.79 Å². The van der Waals surface area contributed by atoms with E-state index in [9.17, 15) is 18.0 Å². The minimum Gasteiger partial charge on any atom is -0.493 e. The Morgan fingerprint density at radius 3 is 2.44 bits per heavy atom. The predicted octanol–water partition coefficient (Wildman–Crippen LogP) is 3.06. The number of carbonyl (C=O) groups excluding carboxylic acids is 2. The van der Waals surface area contributed by atoms with E-state index in [1.807, 2.05) is 19.1 Å². The Morgan fingerprint density at radius 1 is 1.06 bits per heavy atom. The maximum Gasteiger partial charge on any atom is 0.331 e.